The molecule has 1 aliphatic carbocycles. The van der Waals surface area contributed by atoms with E-state index in [1.54, 1.807) is 0 Å². The predicted octanol–water partition coefficient (Wildman–Crippen LogP) is 8.68. The number of carbonyl (C=O) groups is 2. The number of esters is 2. The summed E-state index contributed by atoms with van der Waals surface area (Å²) in [6, 6.07) is 52.6. The summed E-state index contributed by atoms with van der Waals surface area (Å²) in [7, 11) is -2.06. The fourth-order valence-corrected chi connectivity index (χ4v) is 13.1. The van der Waals surface area contributed by atoms with Crippen molar-refractivity contribution in [3.8, 4) is 0 Å². The summed E-state index contributed by atoms with van der Waals surface area (Å²) in [6.07, 6.45) is 0. The Morgan fingerprint density at radius 3 is 0.964 bits per heavy atom. The monoisotopic (exact) mass is 776 g/mol. The van der Waals surface area contributed by atoms with Gasteiger partial charge >= 0.3 is 11.9 Å². The van der Waals surface area contributed by atoms with Crippen molar-refractivity contribution in [2.45, 2.75) is 53.4 Å². The summed E-state index contributed by atoms with van der Waals surface area (Å²) in [5, 5.41) is 7.28. The topological polar surface area (TPSA) is 52.6 Å². The van der Waals surface area contributed by atoms with Gasteiger partial charge in [-0.05, 0) is 100 Å². The molecule has 1 saturated carbocycles. The second kappa shape index (κ2) is 17.5. The average Bonchev–Trinajstić information content (AvgIpc) is 3.19. The Bertz CT molecular complexity index is 2030. The van der Waals surface area contributed by atoms with Crippen LogP contribution in [0.25, 0.3) is 0 Å². The molecule has 284 valence electrons. The van der Waals surface area contributed by atoms with Crippen molar-refractivity contribution >= 4 is 59.6 Å². The maximum Gasteiger partial charge on any atom is 0.310 e. The van der Waals surface area contributed by atoms with Gasteiger partial charge in [0.2, 0.25) is 0 Å². The Hall–Kier alpha value is -4.88. The highest BCUT2D eigenvalue weighted by Gasteiger charge is 2.61. The number of hydrogen-bond acceptors (Lipinski definition) is 4. The van der Waals surface area contributed by atoms with Gasteiger partial charge in [0.1, 0.15) is 0 Å². The number of aryl methyl sites for hydroxylation is 4. The molecule has 0 aromatic heterocycles. The molecule has 4 nitrogen and oxygen atoms in total. The second-order valence-electron chi connectivity index (χ2n) is 14.7. The van der Waals surface area contributed by atoms with Crippen LogP contribution in [0.3, 0.4) is 0 Å². The van der Waals surface area contributed by atoms with Crippen LogP contribution in [0.5, 0.6) is 0 Å². The zero-order valence-corrected chi connectivity index (χ0v) is 34.9. The van der Waals surface area contributed by atoms with E-state index >= 15 is 0 Å². The normalized spacial score (nSPS) is 17.7. The van der Waals surface area contributed by atoms with E-state index in [0.29, 0.717) is 0 Å². The molecule has 6 aromatic rings. The first kappa shape index (κ1) is 39.4. The maximum atomic E-state index is 14.3. The van der Waals surface area contributed by atoms with Crippen LogP contribution in [0.2, 0.25) is 0 Å². The third-order valence-electron chi connectivity index (χ3n) is 10.9. The van der Waals surface area contributed by atoms with Crippen molar-refractivity contribution in [3.63, 3.8) is 0 Å². The third-order valence-corrected chi connectivity index (χ3v) is 15.9. The van der Waals surface area contributed by atoms with Crippen LogP contribution in [0.15, 0.2) is 146 Å². The van der Waals surface area contributed by atoms with Crippen LogP contribution in [0, 0.1) is 39.5 Å². The van der Waals surface area contributed by atoms with Crippen molar-refractivity contribution in [1.29, 1.82) is 0 Å². The molecule has 1 fully saturated rings. The van der Waals surface area contributed by atoms with Crippen molar-refractivity contribution in [3.05, 3.63) is 179 Å². The molecule has 7 rings (SSSR count). The molecule has 0 spiro atoms. The highest BCUT2D eigenvalue weighted by molar-refractivity contribution is 7.80. The first-order valence-corrected chi connectivity index (χ1v) is 22.3. The van der Waals surface area contributed by atoms with Crippen LogP contribution in [-0.2, 0) is 19.1 Å². The summed E-state index contributed by atoms with van der Waals surface area (Å²) in [6.45, 7) is 12.6. The van der Waals surface area contributed by atoms with Crippen molar-refractivity contribution in [1.82, 2.24) is 0 Å². The highest BCUT2D eigenvalue weighted by atomic mass is 31.1. The van der Waals surface area contributed by atoms with Crippen LogP contribution in [0.4, 0.5) is 0 Å². The molecule has 56 heavy (non-hydrogen) atoms. The predicted molar refractivity (Wildman–Crippen MR) is 235 cm³/mol. The van der Waals surface area contributed by atoms with E-state index in [0.717, 1.165) is 11.1 Å². The molecule has 6 heteroatoms. The minimum absolute atomic E-state index is 0.228. The quantitative estimate of drug-likeness (QED) is 0.0923. The molecule has 0 saturated heterocycles. The molecule has 0 heterocycles. The van der Waals surface area contributed by atoms with Gasteiger partial charge in [0, 0.05) is 11.8 Å². The fourth-order valence-electron chi connectivity index (χ4n) is 8.16. The van der Waals surface area contributed by atoms with E-state index < -0.39 is 27.7 Å². The van der Waals surface area contributed by atoms with Gasteiger partial charge in [0.25, 0.3) is 0 Å². The minimum atomic E-state index is -1.03. The first-order valence-electron chi connectivity index (χ1n) is 19.6. The zero-order chi connectivity index (χ0) is 39.3. The van der Waals surface area contributed by atoms with Gasteiger partial charge in [-0.1, -0.05) is 168 Å². The molecule has 1 aliphatic rings. The summed E-state index contributed by atoms with van der Waals surface area (Å²) in [5.41, 5.74) is 6.97. The van der Waals surface area contributed by atoms with E-state index in [1.807, 2.05) is 13.8 Å². The maximum absolute atomic E-state index is 14.3. The highest BCUT2D eigenvalue weighted by Crippen LogP contribution is 2.60. The van der Waals surface area contributed by atoms with Gasteiger partial charge in [-0.3, -0.25) is 9.59 Å². The van der Waals surface area contributed by atoms with Crippen molar-refractivity contribution in [2.24, 2.45) is 11.8 Å². The van der Waals surface area contributed by atoms with E-state index in [1.165, 1.54) is 54.1 Å². The van der Waals surface area contributed by atoms with Gasteiger partial charge in [0.15, 0.2) is 0 Å². The Morgan fingerprint density at radius 2 is 0.696 bits per heavy atom. The summed E-state index contributed by atoms with van der Waals surface area (Å²) in [5.74, 6) is -2.82. The summed E-state index contributed by atoms with van der Waals surface area (Å²) < 4.78 is 11.7. The lowest BCUT2D eigenvalue weighted by atomic mass is 9.52. The Kier molecular flexibility index (Phi) is 12.3. The molecule has 4 atom stereocenters. The Balaban J connectivity index is 1.47. The zero-order valence-electron chi connectivity index (χ0n) is 33.1. The van der Waals surface area contributed by atoms with E-state index in [4.69, 9.17) is 9.47 Å². The largest absolute Gasteiger partial charge is 0.466 e. The minimum Gasteiger partial charge on any atom is -0.466 e. The van der Waals surface area contributed by atoms with E-state index in [9.17, 15) is 9.59 Å². The lowest BCUT2D eigenvalue weighted by Crippen LogP contribution is -2.54. The smallest absolute Gasteiger partial charge is 0.310 e. The standard InChI is InChI=1S/C50H50O4P2/c1-7-53-49(51)47-45(41-13-9-11-15-43(41)55(37-25-17-33(3)18-26-37)38-27-19-34(4)20-28-38)46(48(47)50(52)54-8-2)42-14-10-12-16-44(42)56(39-29-21-35(5)22-30-39)40-31-23-36(6)24-32-40/h9-32,45-48H,7-8H2,1-6H3/t45-,46-,47-,48-/m1/s1. The number of hydrogen-bond donors (Lipinski definition) is 0. The van der Waals surface area contributed by atoms with Gasteiger partial charge < -0.3 is 9.47 Å². The molecular weight excluding hydrogens is 726 g/mol. The van der Waals surface area contributed by atoms with Crippen molar-refractivity contribution in [2.75, 3.05) is 13.2 Å². The molecule has 0 N–H and O–H groups in total. The van der Waals surface area contributed by atoms with Gasteiger partial charge in [-0.25, -0.2) is 0 Å². The van der Waals surface area contributed by atoms with Gasteiger partial charge in [0.05, 0.1) is 25.0 Å². The molecule has 6 aromatic carbocycles. The molecular formula is C50H50O4P2. The molecule has 0 amide bonds. The molecule has 0 unspecified atom stereocenters. The van der Waals surface area contributed by atoms with Gasteiger partial charge in [-0.15, -0.1) is 0 Å². The lowest BCUT2D eigenvalue weighted by Gasteiger charge is -2.51. The molecule has 0 aliphatic heterocycles. The van der Waals surface area contributed by atoms with Crippen LogP contribution < -0.4 is 31.8 Å². The fraction of sp³-hybridized carbons (Fsp3) is 0.240. The molecule has 0 bridgehead atoms. The Morgan fingerprint density at radius 1 is 0.429 bits per heavy atom. The number of carbonyl (C=O) groups excluding carboxylic acids is 2. The number of rotatable bonds is 12. The number of ether oxygens (including phenoxy) is 2. The SMILES string of the molecule is CCOC(=O)[C@H]1[C@H](C(=O)OCC)[C@H](c2ccccc2P(c2ccc(C)cc2)c2ccc(C)cc2)[C@H]1c1ccccc1P(c1ccc(C)cc1)c1ccc(C)cc1. The average molecular weight is 777 g/mol. The van der Waals surface area contributed by atoms with E-state index in [-0.39, 0.29) is 37.0 Å². The first-order chi connectivity index (χ1) is 27.2. The summed E-state index contributed by atoms with van der Waals surface area (Å²) in [4.78, 5) is 28.6. The van der Waals surface area contributed by atoms with Gasteiger partial charge in [-0.2, -0.15) is 0 Å². The Labute approximate surface area is 334 Å². The van der Waals surface area contributed by atoms with Crippen LogP contribution in [0.1, 0.15) is 59.1 Å². The van der Waals surface area contributed by atoms with Crippen LogP contribution in [-0.4, -0.2) is 25.2 Å². The molecule has 0 radical (unpaired) electrons. The lowest BCUT2D eigenvalue weighted by molar-refractivity contribution is -0.171. The van der Waals surface area contributed by atoms with Crippen LogP contribution >= 0.6 is 15.8 Å². The third kappa shape index (κ3) is 8.02. The number of benzene rings is 6. The van der Waals surface area contributed by atoms with E-state index in [2.05, 4.69) is 173 Å². The van der Waals surface area contributed by atoms with Crippen molar-refractivity contribution < 1.29 is 19.1 Å². The second-order valence-corrected chi connectivity index (χ2v) is 19.1. The summed E-state index contributed by atoms with van der Waals surface area (Å²) >= 11 is 0.